The van der Waals surface area contributed by atoms with E-state index in [0.29, 0.717) is 0 Å². The normalized spacial score (nSPS) is 18.4. The zero-order chi connectivity index (χ0) is 10.2. The maximum absolute atomic E-state index is 4.39. The summed E-state index contributed by atoms with van der Waals surface area (Å²) in [6.45, 7) is 6.54. The molecule has 0 aromatic carbocycles. The highest BCUT2D eigenvalue weighted by Gasteiger charge is 2.12. The predicted octanol–water partition coefficient (Wildman–Crippen LogP) is 1.63. The molecule has 1 nitrogen and oxygen atoms in total. The van der Waals surface area contributed by atoms with Gasteiger partial charge in [-0.15, -0.1) is 0 Å². The van der Waals surface area contributed by atoms with Crippen LogP contribution in [0, 0.1) is 5.41 Å². The zero-order valence-electron chi connectivity index (χ0n) is 8.91. The summed E-state index contributed by atoms with van der Waals surface area (Å²) in [5, 5.41) is 2.30. The van der Waals surface area contributed by atoms with Gasteiger partial charge in [-0.2, -0.15) is 0 Å². The molecule has 0 N–H and O–H groups in total. The average Bonchev–Trinajstić information content (AvgIpc) is 2.16. The third-order valence-electron chi connectivity index (χ3n) is 2.36. The quantitative estimate of drug-likeness (QED) is 0.598. The minimum Gasteiger partial charge on any atom is -0.257 e. The van der Waals surface area contributed by atoms with Gasteiger partial charge in [0.1, 0.15) is 0 Å². The monoisotopic (exact) mass is 185 g/mol. The van der Waals surface area contributed by atoms with Crippen LogP contribution in [0.2, 0.25) is 0 Å². The lowest BCUT2D eigenvalue weighted by Crippen LogP contribution is -2.28. The molecule has 0 saturated carbocycles. The molecule has 0 aliphatic heterocycles. The lowest BCUT2D eigenvalue weighted by molar-refractivity contribution is 0.665. The first-order chi connectivity index (χ1) is 6.57. The summed E-state index contributed by atoms with van der Waals surface area (Å²) in [4.78, 5) is 4.39. The maximum Gasteiger partial charge on any atom is 0.0670 e. The number of hydrogen-bond donors (Lipinski definition) is 0. The van der Waals surface area contributed by atoms with E-state index in [0.717, 1.165) is 5.35 Å². The Morgan fingerprint density at radius 1 is 1.21 bits per heavy atom. The number of pyridine rings is 1. The van der Waals surface area contributed by atoms with E-state index >= 15 is 0 Å². The molecule has 0 saturated heterocycles. The van der Waals surface area contributed by atoms with E-state index in [-0.39, 0.29) is 5.41 Å². The number of rotatable bonds is 0. The second-order valence-corrected chi connectivity index (χ2v) is 4.48. The van der Waals surface area contributed by atoms with Gasteiger partial charge in [0.05, 0.1) is 5.35 Å². The lowest BCUT2D eigenvalue weighted by Gasteiger charge is -2.13. The van der Waals surface area contributed by atoms with Gasteiger partial charge in [-0.3, -0.25) is 4.98 Å². The number of fused-ring (bicyclic) bond motifs is 1. The first kappa shape index (κ1) is 9.20. The van der Waals surface area contributed by atoms with E-state index in [1.54, 1.807) is 0 Å². The van der Waals surface area contributed by atoms with Crippen molar-refractivity contribution in [1.82, 2.24) is 4.98 Å². The molecule has 72 valence electrons. The molecule has 1 aliphatic carbocycles. The number of nitrogens with zero attached hydrogens (tertiary/aromatic N) is 1. The molecule has 0 bridgehead atoms. The van der Waals surface area contributed by atoms with Crippen molar-refractivity contribution in [3.8, 4) is 0 Å². The predicted molar refractivity (Wildman–Crippen MR) is 60.0 cm³/mol. The fraction of sp³-hybridized carbons (Fsp3) is 0.308. The molecule has 0 radical (unpaired) electrons. The summed E-state index contributed by atoms with van der Waals surface area (Å²) >= 11 is 0. The Kier molecular flexibility index (Phi) is 2.03. The highest BCUT2D eigenvalue weighted by Crippen LogP contribution is 2.21. The van der Waals surface area contributed by atoms with Crippen LogP contribution in [0.4, 0.5) is 0 Å². The molecule has 0 unspecified atom stereocenters. The Morgan fingerprint density at radius 2 is 2.00 bits per heavy atom. The first-order valence-electron chi connectivity index (χ1n) is 4.92. The molecule has 2 rings (SSSR count). The number of hydrogen-bond acceptors (Lipinski definition) is 1. The van der Waals surface area contributed by atoms with Crippen molar-refractivity contribution in [2.24, 2.45) is 5.41 Å². The molecule has 0 spiro atoms. The van der Waals surface area contributed by atoms with Crippen LogP contribution >= 0.6 is 0 Å². The van der Waals surface area contributed by atoms with Crippen LogP contribution in [-0.2, 0) is 0 Å². The van der Waals surface area contributed by atoms with Gasteiger partial charge in [0.25, 0.3) is 0 Å². The fourth-order valence-corrected chi connectivity index (χ4v) is 1.94. The highest BCUT2D eigenvalue weighted by molar-refractivity contribution is 5.52. The van der Waals surface area contributed by atoms with Gasteiger partial charge in [-0.1, -0.05) is 37.6 Å². The molecule has 0 amide bonds. The van der Waals surface area contributed by atoms with E-state index in [9.17, 15) is 0 Å². The summed E-state index contributed by atoms with van der Waals surface area (Å²) in [5.41, 5.74) is 1.40. The Hall–Kier alpha value is -1.37. The molecule has 0 atom stereocenters. The number of aromatic nitrogens is 1. The van der Waals surface area contributed by atoms with Crippen molar-refractivity contribution in [3.63, 3.8) is 0 Å². The van der Waals surface area contributed by atoms with Crippen LogP contribution in [-0.4, -0.2) is 4.98 Å². The molecule has 1 aromatic rings. The standard InChI is InChI=1S/C13H15N/c1-10-7-11-5-4-6-14-12(11)9-13(2,3)8-10/h4-9H,1-3H3. The van der Waals surface area contributed by atoms with E-state index in [2.05, 4.69) is 50.0 Å². The zero-order valence-corrected chi connectivity index (χ0v) is 8.91. The van der Waals surface area contributed by atoms with Gasteiger partial charge in [0, 0.05) is 16.8 Å². The summed E-state index contributed by atoms with van der Waals surface area (Å²) in [7, 11) is 0. The van der Waals surface area contributed by atoms with E-state index in [1.165, 1.54) is 10.8 Å². The van der Waals surface area contributed by atoms with E-state index in [1.807, 2.05) is 12.3 Å². The van der Waals surface area contributed by atoms with E-state index < -0.39 is 0 Å². The average molecular weight is 185 g/mol. The number of allylic oxidation sites excluding steroid dienone is 2. The SMILES string of the molecule is CC1=CC(C)(C)C=c2ncccc2=C1. The molecule has 1 heterocycles. The first-order valence-corrected chi connectivity index (χ1v) is 4.92. The molecule has 0 fully saturated rings. The van der Waals surface area contributed by atoms with Gasteiger partial charge in [0.15, 0.2) is 0 Å². The summed E-state index contributed by atoms with van der Waals surface area (Å²) < 4.78 is 0. The van der Waals surface area contributed by atoms with Crippen molar-refractivity contribution in [1.29, 1.82) is 0 Å². The van der Waals surface area contributed by atoms with Crippen LogP contribution in [0.25, 0.3) is 12.2 Å². The molecule has 1 heteroatoms. The molecule has 1 aromatic heterocycles. The molecular formula is C13H15N. The lowest BCUT2D eigenvalue weighted by atomic mass is 9.91. The van der Waals surface area contributed by atoms with Gasteiger partial charge in [0.2, 0.25) is 0 Å². The van der Waals surface area contributed by atoms with Crippen LogP contribution in [0.1, 0.15) is 20.8 Å². The Balaban J connectivity index is 2.80. The molecule has 1 aliphatic rings. The smallest absolute Gasteiger partial charge is 0.0670 e. The van der Waals surface area contributed by atoms with Crippen molar-refractivity contribution in [2.45, 2.75) is 20.8 Å². The second-order valence-electron chi connectivity index (χ2n) is 4.48. The van der Waals surface area contributed by atoms with Crippen molar-refractivity contribution in [2.75, 3.05) is 0 Å². The molecular weight excluding hydrogens is 170 g/mol. The summed E-state index contributed by atoms with van der Waals surface area (Å²) in [6, 6.07) is 4.09. The summed E-state index contributed by atoms with van der Waals surface area (Å²) in [6.07, 6.45) is 8.53. The minimum absolute atomic E-state index is 0.0974. The molecule has 14 heavy (non-hydrogen) atoms. The Bertz CT molecular complexity index is 492. The van der Waals surface area contributed by atoms with Crippen molar-refractivity contribution in [3.05, 3.63) is 40.5 Å². The second kappa shape index (κ2) is 3.09. The van der Waals surface area contributed by atoms with Crippen LogP contribution in [0.5, 0.6) is 0 Å². The van der Waals surface area contributed by atoms with Crippen LogP contribution in [0.15, 0.2) is 30.0 Å². The van der Waals surface area contributed by atoms with Crippen LogP contribution in [0.3, 0.4) is 0 Å². The van der Waals surface area contributed by atoms with E-state index in [4.69, 9.17) is 0 Å². The topological polar surface area (TPSA) is 12.9 Å². The maximum atomic E-state index is 4.39. The van der Waals surface area contributed by atoms with Gasteiger partial charge >= 0.3 is 0 Å². The largest absolute Gasteiger partial charge is 0.257 e. The Labute approximate surface area is 84.5 Å². The summed E-state index contributed by atoms with van der Waals surface area (Å²) in [5.74, 6) is 0. The van der Waals surface area contributed by atoms with Gasteiger partial charge in [-0.05, 0) is 19.1 Å². The van der Waals surface area contributed by atoms with Gasteiger partial charge < -0.3 is 0 Å². The third-order valence-corrected chi connectivity index (χ3v) is 2.36. The van der Waals surface area contributed by atoms with Crippen molar-refractivity contribution < 1.29 is 0 Å². The minimum atomic E-state index is 0.0974. The Morgan fingerprint density at radius 3 is 2.79 bits per heavy atom. The van der Waals surface area contributed by atoms with Crippen molar-refractivity contribution >= 4 is 12.2 Å². The fourth-order valence-electron chi connectivity index (χ4n) is 1.94. The highest BCUT2D eigenvalue weighted by atomic mass is 14.6. The van der Waals surface area contributed by atoms with Gasteiger partial charge in [-0.25, -0.2) is 0 Å². The third kappa shape index (κ3) is 1.77. The van der Waals surface area contributed by atoms with Crippen LogP contribution < -0.4 is 10.6 Å².